The summed E-state index contributed by atoms with van der Waals surface area (Å²) in [5, 5.41) is 15.6. The first-order chi connectivity index (χ1) is 26.1. The van der Waals surface area contributed by atoms with E-state index in [1.54, 1.807) is 0 Å². The Kier molecular flexibility index (Phi) is 8.39. The highest BCUT2D eigenvalue weighted by molar-refractivity contribution is 5.98. The Morgan fingerprint density at radius 2 is 1.43 bits per heavy atom. The van der Waals surface area contributed by atoms with Crippen molar-refractivity contribution < 1.29 is 0 Å². The van der Waals surface area contributed by atoms with Gasteiger partial charge < -0.3 is 5.32 Å². The van der Waals surface area contributed by atoms with Crippen LogP contribution in [0.4, 0.5) is 11.4 Å². The van der Waals surface area contributed by atoms with Crippen LogP contribution in [0.25, 0.3) is 11.1 Å². The smallest absolute Gasteiger partial charge is 0.0898 e. The molecule has 4 N–H and O–H groups in total. The molecule has 0 aromatic heterocycles. The molecule has 1 saturated heterocycles. The lowest BCUT2D eigenvalue weighted by Gasteiger charge is -2.43. The van der Waals surface area contributed by atoms with Crippen molar-refractivity contribution in [1.29, 1.82) is 0 Å². The number of benzene rings is 4. The van der Waals surface area contributed by atoms with Crippen molar-refractivity contribution in [2.75, 3.05) is 5.32 Å². The Balaban J connectivity index is 0.869. The van der Waals surface area contributed by atoms with Gasteiger partial charge in [0.15, 0.2) is 0 Å². The number of aryl methyl sites for hydroxylation is 1. The number of hydrogen-bond acceptors (Lipinski definition) is 5. The van der Waals surface area contributed by atoms with Crippen molar-refractivity contribution in [2.24, 2.45) is 22.7 Å². The van der Waals surface area contributed by atoms with Crippen LogP contribution in [0.5, 0.6) is 0 Å². The molecule has 6 aliphatic rings. The topological polar surface area (TPSA) is 60.5 Å². The first kappa shape index (κ1) is 32.8. The molecule has 3 aliphatic carbocycles. The third kappa shape index (κ3) is 6.25. The molecule has 4 aromatic carbocycles. The molecule has 266 valence electrons. The molecular formula is C48H49N5. The van der Waals surface area contributed by atoms with E-state index in [-0.39, 0.29) is 24.5 Å². The molecule has 10 rings (SSSR count). The van der Waals surface area contributed by atoms with Gasteiger partial charge in [0.1, 0.15) is 0 Å². The van der Waals surface area contributed by atoms with Crippen LogP contribution in [0.1, 0.15) is 91.2 Å². The Hall–Kier alpha value is -4.81. The minimum atomic E-state index is 0.0562. The fraction of sp³-hybridized carbons (Fsp3) is 0.312. The number of anilines is 1. The summed E-state index contributed by atoms with van der Waals surface area (Å²) in [6.07, 6.45) is 18.1. The standard InChI is InChI=1S/C48H49N5/c1-29-13-14-34-23-26-40-41(27-30(2)50-45(40)44(34)49-29)38-24-25-39-42(28-38)43(39)33-17-21-37(22-18-33)48-52-46(35-11-7-4-8-12-35)51-47(53-48)36-19-15-32(16-20-36)31-9-5-3-6-10-31/h3-12,15,17-18,21-28,30,36,39,42-43,46-48,50-53H,13-14,16,19-20H2,1-2H3. The first-order valence-electron chi connectivity index (χ1n) is 19.8. The van der Waals surface area contributed by atoms with Gasteiger partial charge >= 0.3 is 0 Å². The molecule has 4 aromatic rings. The quantitative estimate of drug-likeness (QED) is 0.162. The molecule has 2 fully saturated rings. The SMILES string of the molecule is CC1=Nc2c(ccc3c2NC(C)C=C3C2=CC3C(C=C2)C3c2ccc(C3NC(c4ccccc4)NC(C4CC=C(c5ccccc5)CC4)N3)cc2)CC1. The number of fused-ring (bicyclic) bond motifs is 4. The van der Waals surface area contributed by atoms with Gasteiger partial charge in [-0.1, -0.05) is 127 Å². The molecule has 8 unspecified atom stereocenters. The van der Waals surface area contributed by atoms with Crippen molar-refractivity contribution in [1.82, 2.24) is 16.0 Å². The lowest BCUT2D eigenvalue weighted by atomic mass is 9.84. The van der Waals surface area contributed by atoms with Crippen LogP contribution in [-0.4, -0.2) is 17.9 Å². The highest BCUT2D eigenvalue weighted by Gasteiger charge is 2.49. The zero-order valence-corrected chi connectivity index (χ0v) is 30.7. The largest absolute Gasteiger partial charge is 0.377 e. The van der Waals surface area contributed by atoms with Crippen LogP contribution >= 0.6 is 0 Å². The van der Waals surface area contributed by atoms with Gasteiger partial charge in [-0.25, -0.2) is 0 Å². The van der Waals surface area contributed by atoms with Crippen molar-refractivity contribution in [3.63, 3.8) is 0 Å². The van der Waals surface area contributed by atoms with E-state index in [1.807, 2.05) is 0 Å². The fourth-order valence-corrected chi connectivity index (χ4v) is 9.64. The maximum atomic E-state index is 5.02. The van der Waals surface area contributed by atoms with Crippen molar-refractivity contribution in [3.05, 3.63) is 166 Å². The summed E-state index contributed by atoms with van der Waals surface area (Å²) in [5.41, 5.74) is 15.8. The Morgan fingerprint density at radius 3 is 2.19 bits per heavy atom. The molecular weight excluding hydrogens is 647 g/mol. The summed E-state index contributed by atoms with van der Waals surface area (Å²) >= 11 is 0. The molecule has 0 spiro atoms. The number of nitrogens with one attached hydrogen (secondary N) is 4. The maximum Gasteiger partial charge on any atom is 0.0898 e. The maximum absolute atomic E-state index is 5.02. The van der Waals surface area contributed by atoms with Crippen LogP contribution in [-0.2, 0) is 6.42 Å². The van der Waals surface area contributed by atoms with Crippen LogP contribution in [0.3, 0.4) is 0 Å². The normalized spacial score (nSPS) is 30.0. The summed E-state index contributed by atoms with van der Waals surface area (Å²) in [5.74, 6) is 2.16. The highest BCUT2D eigenvalue weighted by atomic mass is 15.4. The minimum absolute atomic E-state index is 0.0562. The van der Waals surface area contributed by atoms with Gasteiger partial charge in [-0.05, 0) is 114 Å². The molecule has 53 heavy (non-hydrogen) atoms. The highest BCUT2D eigenvalue weighted by Crippen LogP contribution is 2.59. The minimum Gasteiger partial charge on any atom is -0.377 e. The number of hydrogen-bond donors (Lipinski definition) is 4. The number of rotatable bonds is 6. The van der Waals surface area contributed by atoms with E-state index >= 15 is 0 Å². The molecule has 5 heteroatoms. The molecule has 0 radical (unpaired) electrons. The molecule has 0 amide bonds. The lowest BCUT2D eigenvalue weighted by molar-refractivity contribution is 0.148. The van der Waals surface area contributed by atoms with E-state index in [0.29, 0.717) is 23.7 Å². The zero-order chi connectivity index (χ0) is 35.5. The molecule has 8 atom stereocenters. The first-order valence-corrected chi connectivity index (χ1v) is 19.8. The predicted octanol–water partition coefficient (Wildman–Crippen LogP) is 10.1. The summed E-state index contributed by atoms with van der Waals surface area (Å²) in [6.45, 7) is 4.41. The van der Waals surface area contributed by atoms with E-state index in [9.17, 15) is 0 Å². The molecule has 3 heterocycles. The van der Waals surface area contributed by atoms with E-state index < -0.39 is 0 Å². The van der Waals surface area contributed by atoms with Gasteiger partial charge in [-0.15, -0.1) is 0 Å². The lowest BCUT2D eigenvalue weighted by Crippen LogP contribution is -2.61. The Bertz CT molecular complexity index is 2180. The Morgan fingerprint density at radius 1 is 0.698 bits per heavy atom. The second-order valence-electron chi connectivity index (χ2n) is 16.1. The van der Waals surface area contributed by atoms with Gasteiger partial charge in [-0.2, -0.15) is 0 Å². The predicted molar refractivity (Wildman–Crippen MR) is 219 cm³/mol. The van der Waals surface area contributed by atoms with E-state index in [1.165, 1.54) is 67.9 Å². The van der Waals surface area contributed by atoms with Crippen molar-refractivity contribution in [3.8, 4) is 0 Å². The van der Waals surface area contributed by atoms with Crippen LogP contribution in [0.2, 0.25) is 0 Å². The molecule has 5 nitrogen and oxygen atoms in total. The fourth-order valence-electron chi connectivity index (χ4n) is 9.64. The van der Waals surface area contributed by atoms with Gasteiger partial charge in [-0.3, -0.25) is 20.9 Å². The average molecular weight is 696 g/mol. The monoisotopic (exact) mass is 695 g/mol. The third-order valence-corrected chi connectivity index (χ3v) is 12.6. The van der Waals surface area contributed by atoms with Gasteiger partial charge in [0, 0.05) is 17.3 Å². The van der Waals surface area contributed by atoms with E-state index in [0.717, 1.165) is 31.4 Å². The second kappa shape index (κ2) is 13.6. The summed E-state index contributed by atoms with van der Waals surface area (Å²) < 4.78 is 0. The molecule has 3 aliphatic heterocycles. The van der Waals surface area contributed by atoms with E-state index in [4.69, 9.17) is 4.99 Å². The van der Waals surface area contributed by atoms with Crippen molar-refractivity contribution in [2.45, 2.75) is 76.4 Å². The third-order valence-electron chi connectivity index (χ3n) is 12.6. The summed E-state index contributed by atoms with van der Waals surface area (Å²) in [6, 6.07) is 36.1. The van der Waals surface area contributed by atoms with Crippen molar-refractivity contribution >= 4 is 28.2 Å². The summed E-state index contributed by atoms with van der Waals surface area (Å²) in [4.78, 5) is 5.02. The van der Waals surface area contributed by atoms with Gasteiger partial charge in [0.25, 0.3) is 0 Å². The Labute approximate surface area is 314 Å². The second-order valence-corrected chi connectivity index (χ2v) is 16.1. The van der Waals surface area contributed by atoms with Gasteiger partial charge in [0.2, 0.25) is 0 Å². The number of nitrogens with zero attached hydrogens (tertiary/aromatic N) is 1. The zero-order valence-electron chi connectivity index (χ0n) is 30.7. The average Bonchev–Trinajstić information content (AvgIpc) is 3.95. The van der Waals surface area contributed by atoms with Crippen LogP contribution < -0.4 is 21.3 Å². The number of allylic oxidation sites excluding steroid dienone is 7. The number of aliphatic imine (C=N–C) groups is 1. The molecule has 0 bridgehead atoms. The van der Waals surface area contributed by atoms with Gasteiger partial charge in [0.05, 0.1) is 29.9 Å². The summed E-state index contributed by atoms with van der Waals surface area (Å²) in [7, 11) is 0. The van der Waals surface area contributed by atoms with E-state index in [2.05, 4.69) is 163 Å². The van der Waals surface area contributed by atoms with Crippen LogP contribution in [0, 0.1) is 17.8 Å². The molecule has 1 saturated carbocycles. The van der Waals surface area contributed by atoms with Crippen LogP contribution in [0.15, 0.2) is 138 Å².